The van der Waals surface area contributed by atoms with Crippen molar-refractivity contribution < 1.29 is 0 Å². The molecule has 0 spiro atoms. The lowest BCUT2D eigenvalue weighted by atomic mass is 9.99. The molecule has 28 heavy (non-hydrogen) atoms. The smallest absolute Gasteiger partial charge is 0.0224 e. The van der Waals surface area contributed by atoms with E-state index in [2.05, 4.69) is 97.1 Å². The van der Waals surface area contributed by atoms with E-state index >= 15 is 0 Å². The Hall–Kier alpha value is -2.34. The molecule has 0 heterocycles. The first-order valence-corrected chi connectivity index (χ1v) is 11.0. The van der Waals surface area contributed by atoms with Crippen LogP contribution in [-0.2, 0) is 0 Å². The summed E-state index contributed by atoms with van der Waals surface area (Å²) in [5.41, 5.74) is 2.64. The zero-order valence-electron chi connectivity index (χ0n) is 16.8. The fourth-order valence-corrected chi connectivity index (χ4v) is 4.74. The third-order valence-corrected chi connectivity index (χ3v) is 6.40. The van der Waals surface area contributed by atoms with Crippen LogP contribution in [0.1, 0.15) is 49.7 Å². The van der Waals surface area contributed by atoms with Gasteiger partial charge in [-0.05, 0) is 73.3 Å². The van der Waals surface area contributed by atoms with Crippen LogP contribution >= 0.6 is 0 Å². The van der Waals surface area contributed by atoms with Crippen molar-refractivity contribution >= 4 is 12.2 Å². The van der Waals surface area contributed by atoms with Gasteiger partial charge >= 0.3 is 0 Å². The molecule has 0 aliphatic heterocycles. The van der Waals surface area contributed by atoms with Gasteiger partial charge in [0.05, 0.1) is 0 Å². The van der Waals surface area contributed by atoms with Crippen LogP contribution in [0.25, 0.3) is 12.2 Å². The van der Waals surface area contributed by atoms with Crippen LogP contribution in [0.5, 0.6) is 0 Å². The summed E-state index contributed by atoms with van der Waals surface area (Å²) >= 11 is 0. The molecule has 0 saturated heterocycles. The molecule has 0 amide bonds. The molecule has 0 heteroatoms. The number of hydrogen-bond acceptors (Lipinski definition) is 0. The minimum Gasteiger partial charge on any atom is -0.0851 e. The van der Waals surface area contributed by atoms with Gasteiger partial charge in [0.25, 0.3) is 0 Å². The van der Waals surface area contributed by atoms with Gasteiger partial charge in [-0.25, -0.2) is 0 Å². The molecule has 0 N–H and O–H groups in total. The Balaban J connectivity index is 1.22. The molecule has 4 atom stereocenters. The van der Waals surface area contributed by atoms with E-state index in [0.29, 0.717) is 0 Å². The van der Waals surface area contributed by atoms with Gasteiger partial charge in [-0.3, -0.25) is 0 Å². The highest BCUT2D eigenvalue weighted by Crippen LogP contribution is 2.36. The Kier molecular flexibility index (Phi) is 6.60. The first-order valence-electron chi connectivity index (χ1n) is 11.0. The van der Waals surface area contributed by atoms with Crippen LogP contribution in [0.4, 0.5) is 0 Å². The van der Waals surface area contributed by atoms with Crippen LogP contribution in [0.2, 0.25) is 0 Å². The molecular formula is C28H32. The summed E-state index contributed by atoms with van der Waals surface area (Å²) in [6.07, 6.45) is 22.6. The lowest BCUT2D eigenvalue weighted by molar-refractivity contribution is 0.613. The van der Waals surface area contributed by atoms with Crippen molar-refractivity contribution in [3.63, 3.8) is 0 Å². The molecular weight excluding hydrogens is 336 g/mol. The normalized spacial score (nSPS) is 28.1. The zero-order valence-corrected chi connectivity index (χ0v) is 16.8. The molecule has 144 valence electrons. The molecule has 2 fully saturated rings. The summed E-state index contributed by atoms with van der Waals surface area (Å²) in [6.45, 7) is 0. The molecule has 0 nitrogen and oxygen atoms in total. The first kappa shape index (κ1) is 19.0. The van der Waals surface area contributed by atoms with Gasteiger partial charge in [-0.2, -0.15) is 0 Å². The minimum absolute atomic E-state index is 0.750. The molecule has 0 aromatic heterocycles. The Morgan fingerprint density at radius 3 is 1.21 bits per heavy atom. The second-order valence-electron chi connectivity index (χ2n) is 8.59. The van der Waals surface area contributed by atoms with Crippen molar-refractivity contribution in [2.24, 2.45) is 23.7 Å². The highest BCUT2D eigenvalue weighted by Gasteiger charge is 2.23. The minimum atomic E-state index is 0.750. The van der Waals surface area contributed by atoms with Gasteiger partial charge in [0, 0.05) is 0 Å². The highest BCUT2D eigenvalue weighted by atomic mass is 14.3. The third-order valence-electron chi connectivity index (χ3n) is 6.40. The van der Waals surface area contributed by atoms with Crippen molar-refractivity contribution in [3.8, 4) is 0 Å². The van der Waals surface area contributed by atoms with Gasteiger partial charge in [0.2, 0.25) is 0 Å². The number of hydrogen-bond donors (Lipinski definition) is 0. The summed E-state index contributed by atoms with van der Waals surface area (Å²) in [6, 6.07) is 21.4. The summed E-state index contributed by atoms with van der Waals surface area (Å²) < 4.78 is 0. The van der Waals surface area contributed by atoms with Gasteiger partial charge in [0.1, 0.15) is 0 Å². The lowest BCUT2D eigenvalue weighted by Crippen LogP contribution is -1.94. The highest BCUT2D eigenvalue weighted by molar-refractivity contribution is 5.49. The molecule has 2 aromatic carbocycles. The maximum Gasteiger partial charge on any atom is -0.0224 e. The fraction of sp³-hybridized carbons (Fsp3) is 0.357. The van der Waals surface area contributed by atoms with Crippen molar-refractivity contribution in [2.45, 2.75) is 38.5 Å². The first-order chi connectivity index (χ1) is 13.8. The molecule has 2 aromatic rings. The van der Waals surface area contributed by atoms with Crippen LogP contribution in [0, 0.1) is 23.7 Å². The van der Waals surface area contributed by atoms with Crippen LogP contribution in [-0.4, -0.2) is 0 Å². The average Bonchev–Trinajstić information content (AvgIpc) is 3.40. The molecule has 4 unspecified atom stereocenters. The van der Waals surface area contributed by atoms with Crippen molar-refractivity contribution in [1.82, 2.24) is 0 Å². The van der Waals surface area contributed by atoms with E-state index in [1.54, 1.807) is 0 Å². The van der Waals surface area contributed by atoms with E-state index < -0.39 is 0 Å². The van der Waals surface area contributed by atoms with E-state index in [1.165, 1.54) is 49.7 Å². The molecule has 4 rings (SSSR count). The third kappa shape index (κ3) is 5.58. The number of rotatable bonds is 6. The number of allylic oxidation sites excluding steroid dienone is 4. The van der Waals surface area contributed by atoms with E-state index in [9.17, 15) is 0 Å². The second-order valence-corrected chi connectivity index (χ2v) is 8.59. The van der Waals surface area contributed by atoms with E-state index in [0.717, 1.165) is 23.7 Å². The summed E-state index contributed by atoms with van der Waals surface area (Å²) in [5.74, 6) is 3.06. The average molecular weight is 369 g/mol. The van der Waals surface area contributed by atoms with E-state index in [4.69, 9.17) is 0 Å². The molecule has 2 saturated carbocycles. The Morgan fingerprint density at radius 2 is 0.821 bits per heavy atom. The Morgan fingerprint density at radius 1 is 0.464 bits per heavy atom. The van der Waals surface area contributed by atoms with Crippen molar-refractivity contribution in [2.75, 3.05) is 0 Å². The van der Waals surface area contributed by atoms with Crippen molar-refractivity contribution in [1.29, 1.82) is 0 Å². The van der Waals surface area contributed by atoms with E-state index in [1.807, 2.05) is 0 Å². The predicted molar refractivity (Wildman–Crippen MR) is 122 cm³/mol. The van der Waals surface area contributed by atoms with Gasteiger partial charge in [0.15, 0.2) is 0 Å². The molecule has 0 bridgehead atoms. The Labute approximate surface area is 170 Å². The van der Waals surface area contributed by atoms with Crippen LogP contribution in [0.15, 0.2) is 85.0 Å². The summed E-state index contributed by atoms with van der Waals surface area (Å²) in [5, 5.41) is 0. The Bertz CT molecular complexity index is 727. The maximum atomic E-state index is 2.55. The second kappa shape index (κ2) is 9.73. The molecule has 0 radical (unpaired) electrons. The molecule has 2 aliphatic rings. The van der Waals surface area contributed by atoms with Crippen LogP contribution < -0.4 is 0 Å². The SMILES string of the molecule is C(=C\C1CCC(/C=C/C2CCC(/C=C/c3ccccc3)C2)C1)/c1ccccc1. The monoisotopic (exact) mass is 368 g/mol. The maximum absolute atomic E-state index is 2.55. The predicted octanol–water partition coefficient (Wildman–Crippen LogP) is 7.80. The summed E-state index contributed by atoms with van der Waals surface area (Å²) in [4.78, 5) is 0. The van der Waals surface area contributed by atoms with E-state index in [-0.39, 0.29) is 0 Å². The number of benzene rings is 2. The van der Waals surface area contributed by atoms with Gasteiger partial charge in [-0.15, -0.1) is 0 Å². The topological polar surface area (TPSA) is 0 Å². The molecule has 2 aliphatic carbocycles. The fourth-order valence-electron chi connectivity index (χ4n) is 4.74. The van der Waals surface area contributed by atoms with Crippen molar-refractivity contribution in [3.05, 3.63) is 96.1 Å². The lowest BCUT2D eigenvalue weighted by Gasteiger charge is -2.07. The summed E-state index contributed by atoms with van der Waals surface area (Å²) in [7, 11) is 0. The van der Waals surface area contributed by atoms with Gasteiger partial charge < -0.3 is 0 Å². The zero-order chi connectivity index (χ0) is 19.0. The van der Waals surface area contributed by atoms with Crippen LogP contribution in [0.3, 0.4) is 0 Å². The quantitative estimate of drug-likeness (QED) is 0.456. The van der Waals surface area contributed by atoms with Gasteiger partial charge in [-0.1, -0.05) is 97.1 Å². The largest absolute Gasteiger partial charge is 0.0851 e. The standard InChI is InChI=1S/C28H32/c1-3-7-23(8-4-1)11-13-25-15-17-27(21-25)19-20-28-18-16-26(22-28)14-12-24-9-5-2-6-10-24/h1-14,19-20,25-28H,15-18,21-22H2/b13-11+,14-12+,20-19+.